The maximum atomic E-state index is 13.1. The molecule has 98 valence electrons. The first-order valence-electron chi connectivity index (χ1n) is 5.52. The number of nitrogens with zero attached hydrogens (tertiary/aromatic N) is 3. The van der Waals surface area contributed by atoms with Gasteiger partial charge in [-0.25, -0.2) is 0 Å². The number of aromatic nitrogens is 3. The Morgan fingerprint density at radius 3 is 2.29 bits per heavy atom. The van der Waals surface area contributed by atoms with Gasteiger partial charge in [0.05, 0.1) is 0 Å². The van der Waals surface area contributed by atoms with Crippen molar-refractivity contribution in [3.8, 4) is 0 Å². The summed E-state index contributed by atoms with van der Waals surface area (Å²) in [4.78, 5) is 0. The minimum absolute atomic E-state index is 0.176. The van der Waals surface area contributed by atoms with Crippen LogP contribution in [0.3, 0.4) is 0 Å². The highest BCUT2D eigenvalue weighted by Gasteiger charge is 2.26. The highest BCUT2D eigenvalue weighted by atomic mass is 32.3. The summed E-state index contributed by atoms with van der Waals surface area (Å²) < 4.78 is 36.4. The van der Waals surface area contributed by atoms with E-state index in [9.17, 15) is 12.3 Å². The van der Waals surface area contributed by atoms with Gasteiger partial charge in [0, 0.05) is 13.0 Å². The zero-order valence-electron chi connectivity index (χ0n) is 10.6. The Hall–Kier alpha value is -0.980. The van der Waals surface area contributed by atoms with Crippen LogP contribution in [0.4, 0.5) is 3.89 Å². The van der Waals surface area contributed by atoms with Gasteiger partial charge in [-0.2, -0.15) is 8.42 Å². The number of aryl methyl sites for hydroxylation is 1. The van der Waals surface area contributed by atoms with E-state index >= 15 is 0 Å². The Balaban J connectivity index is 3.25. The van der Waals surface area contributed by atoms with E-state index in [1.165, 1.54) is 4.57 Å². The number of rotatable bonds is 4. The SMILES string of the molecule is CCCc1nnc(S(=O)(=O)F)n1CC(C)(C)C. The molecule has 1 rings (SSSR count). The van der Waals surface area contributed by atoms with E-state index in [0.717, 1.165) is 6.42 Å². The molecule has 1 aromatic rings. The normalized spacial score (nSPS) is 13.0. The number of hydrogen-bond donors (Lipinski definition) is 0. The fraction of sp³-hybridized carbons (Fsp3) is 0.800. The van der Waals surface area contributed by atoms with E-state index in [-0.39, 0.29) is 5.41 Å². The van der Waals surface area contributed by atoms with Crippen LogP contribution in [0.5, 0.6) is 0 Å². The van der Waals surface area contributed by atoms with Gasteiger partial charge < -0.3 is 0 Å². The van der Waals surface area contributed by atoms with Gasteiger partial charge in [-0.3, -0.25) is 4.57 Å². The van der Waals surface area contributed by atoms with Crippen molar-refractivity contribution in [3.63, 3.8) is 0 Å². The molecule has 0 N–H and O–H groups in total. The molecule has 0 spiro atoms. The molecule has 0 atom stereocenters. The van der Waals surface area contributed by atoms with E-state index in [1.54, 1.807) is 0 Å². The molecular formula is C10H18FN3O2S. The van der Waals surface area contributed by atoms with Gasteiger partial charge in [0.15, 0.2) is 0 Å². The molecule has 5 nitrogen and oxygen atoms in total. The Morgan fingerprint density at radius 2 is 1.88 bits per heavy atom. The van der Waals surface area contributed by atoms with E-state index in [2.05, 4.69) is 10.2 Å². The van der Waals surface area contributed by atoms with Gasteiger partial charge in [-0.1, -0.05) is 31.6 Å². The summed E-state index contributed by atoms with van der Waals surface area (Å²) in [6.07, 6.45) is 1.38. The third-order valence-electron chi connectivity index (χ3n) is 2.12. The monoisotopic (exact) mass is 263 g/mol. The van der Waals surface area contributed by atoms with Crippen molar-refractivity contribution >= 4 is 10.2 Å². The van der Waals surface area contributed by atoms with Crippen LogP contribution in [0, 0.1) is 5.41 Å². The third kappa shape index (κ3) is 3.76. The second-order valence-corrected chi connectivity index (χ2v) is 6.47. The maximum Gasteiger partial charge on any atom is 0.368 e. The first-order chi connectivity index (χ1) is 7.65. The van der Waals surface area contributed by atoms with E-state index in [0.29, 0.717) is 18.8 Å². The van der Waals surface area contributed by atoms with Crippen LogP contribution in [0.25, 0.3) is 0 Å². The molecule has 1 aromatic heterocycles. The fourth-order valence-corrected chi connectivity index (χ4v) is 2.11. The molecular weight excluding hydrogens is 245 g/mol. The summed E-state index contributed by atoms with van der Waals surface area (Å²) >= 11 is 0. The Morgan fingerprint density at radius 1 is 1.29 bits per heavy atom. The average Bonchev–Trinajstić information content (AvgIpc) is 2.45. The Bertz CT molecular complexity index is 488. The van der Waals surface area contributed by atoms with Crippen molar-refractivity contribution in [3.05, 3.63) is 5.82 Å². The zero-order chi connectivity index (χ0) is 13.3. The van der Waals surface area contributed by atoms with E-state index in [4.69, 9.17) is 0 Å². The van der Waals surface area contributed by atoms with E-state index in [1.807, 2.05) is 27.7 Å². The topological polar surface area (TPSA) is 64.8 Å². The summed E-state index contributed by atoms with van der Waals surface area (Å²) in [5, 5.41) is 6.60. The second kappa shape index (κ2) is 4.72. The molecule has 0 aliphatic rings. The van der Waals surface area contributed by atoms with Crippen LogP contribution < -0.4 is 0 Å². The molecule has 0 amide bonds. The molecule has 0 aromatic carbocycles. The highest BCUT2D eigenvalue weighted by molar-refractivity contribution is 7.86. The standard InChI is InChI=1S/C10H18FN3O2S/c1-5-6-8-12-13-9(17(11,15)16)14(8)7-10(2,3)4/h5-7H2,1-4H3. The van der Waals surface area contributed by atoms with Crippen molar-refractivity contribution in [2.45, 2.75) is 52.2 Å². The van der Waals surface area contributed by atoms with Crippen LogP contribution in [0.1, 0.15) is 39.9 Å². The summed E-state index contributed by atoms with van der Waals surface area (Å²) in [5.41, 5.74) is -0.176. The summed E-state index contributed by atoms with van der Waals surface area (Å²) in [6, 6.07) is 0. The van der Waals surface area contributed by atoms with Gasteiger partial charge in [0.25, 0.3) is 5.16 Å². The van der Waals surface area contributed by atoms with Gasteiger partial charge in [0.2, 0.25) is 0 Å². The van der Waals surface area contributed by atoms with Crippen molar-refractivity contribution in [2.75, 3.05) is 0 Å². The molecule has 0 saturated carbocycles. The lowest BCUT2D eigenvalue weighted by molar-refractivity contribution is 0.321. The molecule has 0 saturated heterocycles. The van der Waals surface area contributed by atoms with Gasteiger partial charge in [0.1, 0.15) is 5.82 Å². The highest BCUT2D eigenvalue weighted by Crippen LogP contribution is 2.21. The molecule has 1 heterocycles. The van der Waals surface area contributed by atoms with Crippen LogP contribution in [0.2, 0.25) is 0 Å². The van der Waals surface area contributed by atoms with Crippen molar-refractivity contribution < 1.29 is 12.3 Å². The molecule has 0 bridgehead atoms. The van der Waals surface area contributed by atoms with Gasteiger partial charge in [-0.05, 0) is 11.8 Å². The molecule has 0 aliphatic carbocycles. The number of hydrogen-bond acceptors (Lipinski definition) is 4. The minimum Gasteiger partial charge on any atom is -0.299 e. The second-order valence-electron chi connectivity index (χ2n) is 5.23. The lowest BCUT2D eigenvalue weighted by Crippen LogP contribution is -2.20. The van der Waals surface area contributed by atoms with Crippen LogP contribution in [0.15, 0.2) is 5.16 Å². The van der Waals surface area contributed by atoms with Crippen molar-refractivity contribution in [2.24, 2.45) is 5.41 Å². The van der Waals surface area contributed by atoms with Crippen molar-refractivity contribution in [1.29, 1.82) is 0 Å². The van der Waals surface area contributed by atoms with Crippen LogP contribution >= 0.6 is 0 Å². The molecule has 7 heteroatoms. The predicted octanol–water partition coefficient (Wildman–Crippen LogP) is 1.93. The first-order valence-corrected chi connectivity index (χ1v) is 6.90. The average molecular weight is 263 g/mol. The Labute approximate surface area is 101 Å². The van der Waals surface area contributed by atoms with Gasteiger partial charge in [-0.15, -0.1) is 10.2 Å². The van der Waals surface area contributed by atoms with Crippen molar-refractivity contribution in [1.82, 2.24) is 14.8 Å². The van der Waals surface area contributed by atoms with E-state index < -0.39 is 15.4 Å². The third-order valence-corrected chi connectivity index (χ3v) is 2.86. The largest absolute Gasteiger partial charge is 0.368 e. The first kappa shape index (κ1) is 14.1. The lowest BCUT2D eigenvalue weighted by Gasteiger charge is -2.20. The summed E-state index contributed by atoms with van der Waals surface area (Å²) in [5.74, 6) is 0.513. The molecule has 0 aliphatic heterocycles. The quantitative estimate of drug-likeness (QED) is 0.779. The molecule has 17 heavy (non-hydrogen) atoms. The minimum atomic E-state index is -4.81. The lowest BCUT2D eigenvalue weighted by atomic mass is 9.97. The predicted molar refractivity (Wildman–Crippen MR) is 61.8 cm³/mol. The molecule has 0 radical (unpaired) electrons. The van der Waals surface area contributed by atoms with Gasteiger partial charge >= 0.3 is 10.2 Å². The van der Waals surface area contributed by atoms with Crippen LogP contribution in [-0.2, 0) is 23.2 Å². The summed E-state index contributed by atoms with van der Waals surface area (Å²) in [7, 11) is -4.81. The smallest absolute Gasteiger partial charge is 0.299 e. The fourth-order valence-electron chi connectivity index (χ4n) is 1.54. The molecule has 0 fully saturated rings. The number of halogens is 1. The maximum absolute atomic E-state index is 13.1. The zero-order valence-corrected chi connectivity index (χ0v) is 11.4. The summed E-state index contributed by atoms with van der Waals surface area (Å²) in [6.45, 7) is 8.14. The van der Waals surface area contributed by atoms with Crippen LogP contribution in [-0.4, -0.2) is 23.2 Å². The Kier molecular flexibility index (Phi) is 3.91. The molecule has 0 unspecified atom stereocenters.